The van der Waals surface area contributed by atoms with E-state index in [4.69, 9.17) is 9.72 Å². The molecule has 3 heterocycles. The molecule has 4 rings (SSSR count). The van der Waals surface area contributed by atoms with Gasteiger partial charge in [-0.3, -0.25) is 4.79 Å². The summed E-state index contributed by atoms with van der Waals surface area (Å²) < 4.78 is 18.9. The Labute approximate surface area is 157 Å². The third kappa shape index (κ3) is 3.93. The summed E-state index contributed by atoms with van der Waals surface area (Å²) in [6.45, 7) is 4.71. The molecule has 1 amide bonds. The van der Waals surface area contributed by atoms with Crippen molar-refractivity contribution in [3.8, 4) is 5.75 Å². The standard InChI is InChI=1S/C20H23FN4O2/c1-13(27-17-4-2-3-16(21)9-17)20(26)25-8-6-18-15(12-25)11-23-19(24-18)14-5-7-22-10-14/h2-4,9,11,13-14,22H,5-8,10,12H2,1H3/t13-,14+/m1/s1. The third-order valence-electron chi connectivity index (χ3n) is 5.15. The van der Waals surface area contributed by atoms with Gasteiger partial charge in [-0.25, -0.2) is 14.4 Å². The molecular formula is C20H23FN4O2. The van der Waals surface area contributed by atoms with E-state index in [1.165, 1.54) is 12.1 Å². The van der Waals surface area contributed by atoms with Crippen LogP contribution in [-0.2, 0) is 17.8 Å². The van der Waals surface area contributed by atoms with Crippen LogP contribution in [0.3, 0.4) is 0 Å². The van der Waals surface area contributed by atoms with Gasteiger partial charge in [-0.1, -0.05) is 6.07 Å². The smallest absolute Gasteiger partial charge is 0.263 e. The normalized spacial score (nSPS) is 20.2. The Morgan fingerprint density at radius 1 is 1.44 bits per heavy atom. The van der Waals surface area contributed by atoms with Gasteiger partial charge in [0.2, 0.25) is 0 Å². The first-order valence-corrected chi connectivity index (χ1v) is 9.36. The topological polar surface area (TPSA) is 67.3 Å². The molecule has 2 atom stereocenters. The van der Waals surface area contributed by atoms with Gasteiger partial charge in [-0.05, 0) is 32.0 Å². The average molecular weight is 370 g/mol. The molecule has 1 saturated heterocycles. The SMILES string of the molecule is C[C@@H](Oc1cccc(F)c1)C(=O)N1CCc2nc([C@H]3CCNC3)ncc2C1. The second-order valence-electron chi connectivity index (χ2n) is 7.12. The highest BCUT2D eigenvalue weighted by Gasteiger charge is 2.28. The number of amides is 1. The molecule has 1 aromatic heterocycles. The first kappa shape index (κ1) is 17.9. The molecular weight excluding hydrogens is 347 g/mol. The van der Waals surface area contributed by atoms with Crippen molar-refractivity contribution in [2.75, 3.05) is 19.6 Å². The zero-order chi connectivity index (χ0) is 18.8. The number of rotatable bonds is 4. The van der Waals surface area contributed by atoms with Gasteiger partial charge in [-0.15, -0.1) is 0 Å². The van der Waals surface area contributed by atoms with E-state index in [2.05, 4.69) is 10.3 Å². The van der Waals surface area contributed by atoms with Crippen molar-refractivity contribution in [1.82, 2.24) is 20.2 Å². The van der Waals surface area contributed by atoms with Gasteiger partial charge >= 0.3 is 0 Å². The van der Waals surface area contributed by atoms with Crippen LogP contribution in [0.2, 0.25) is 0 Å². The van der Waals surface area contributed by atoms with Gasteiger partial charge in [0.1, 0.15) is 17.4 Å². The van der Waals surface area contributed by atoms with Crippen LogP contribution in [0.4, 0.5) is 4.39 Å². The van der Waals surface area contributed by atoms with Crippen LogP contribution in [0, 0.1) is 5.82 Å². The number of carbonyl (C=O) groups is 1. The van der Waals surface area contributed by atoms with Gasteiger partial charge in [0, 0.05) is 49.8 Å². The summed E-state index contributed by atoms with van der Waals surface area (Å²) in [4.78, 5) is 23.8. The van der Waals surface area contributed by atoms with Gasteiger partial charge in [0.25, 0.3) is 5.91 Å². The molecule has 1 fully saturated rings. The van der Waals surface area contributed by atoms with E-state index in [0.717, 1.165) is 36.6 Å². The predicted octanol–water partition coefficient (Wildman–Crippen LogP) is 2.04. The Bertz CT molecular complexity index is 838. The Hall–Kier alpha value is -2.54. The van der Waals surface area contributed by atoms with E-state index in [9.17, 15) is 9.18 Å². The van der Waals surface area contributed by atoms with Crippen molar-refractivity contribution < 1.29 is 13.9 Å². The summed E-state index contributed by atoms with van der Waals surface area (Å²) in [7, 11) is 0. The molecule has 0 unspecified atom stereocenters. The van der Waals surface area contributed by atoms with Crippen LogP contribution in [0.1, 0.15) is 36.3 Å². The lowest BCUT2D eigenvalue weighted by Crippen LogP contribution is -2.43. The van der Waals surface area contributed by atoms with Crippen molar-refractivity contribution in [2.45, 2.75) is 38.3 Å². The van der Waals surface area contributed by atoms with E-state index < -0.39 is 6.10 Å². The Morgan fingerprint density at radius 3 is 3.11 bits per heavy atom. The second kappa shape index (κ2) is 7.60. The van der Waals surface area contributed by atoms with Crippen LogP contribution in [0.25, 0.3) is 0 Å². The van der Waals surface area contributed by atoms with Crippen molar-refractivity contribution in [2.24, 2.45) is 0 Å². The summed E-state index contributed by atoms with van der Waals surface area (Å²) in [5.41, 5.74) is 2.02. The molecule has 2 aliphatic heterocycles. The maximum absolute atomic E-state index is 13.3. The quantitative estimate of drug-likeness (QED) is 0.892. The van der Waals surface area contributed by atoms with Crippen LogP contribution in [0.5, 0.6) is 5.75 Å². The molecule has 0 saturated carbocycles. The number of fused-ring (bicyclic) bond motifs is 1. The first-order chi connectivity index (χ1) is 13.1. The molecule has 142 valence electrons. The fourth-order valence-corrected chi connectivity index (χ4v) is 3.64. The molecule has 7 heteroatoms. The second-order valence-corrected chi connectivity index (χ2v) is 7.12. The number of aromatic nitrogens is 2. The summed E-state index contributed by atoms with van der Waals surface area (Å²) in [5.74, 6) is 1.14. The lowest BCUT2D eigenvalue weighted by molar-refractivity contribution is -0.138. The van der Waals surface area contributed by atoms with Crippen molar-refractivity contribution in [1.29, 1.82) is 0 Å². The number of hydrogen-bond donors (Lipinski definition) is 1. The zero-order valence-corrected chi connectivity index (χ0v) is 15.3. The fourth-order valence-electron chi connectivity index (χ4n) is 3.64. The van der Waals surface area contributed by atoms with Gasteiger partial charge in [0.15, 0.2) is 6.10 Å². The molecule has 6 nitrogen and oxygen atoms in total. The van der Waals surface area contributed by atoms with E-state index in [1.807, 2.05) is 6.20 Å². The molecule has 0 bridgehead atoms. The summed E-state index contributed by atoms with van der Waals surface area (Å²) in [6, 6.07) is 5.83. The highest BCUT2D eigenvalue weighted by Crippen LogP contribution is 2.23. The van der Waals surface area contributed by atoms with Crippen LogP contribution in [-0.4, -0.2) is 46.5 Å². The van der Waals surface area contributed by atoms with Crippen molar-refractivity contribution >= 4 is 5.91 Å². The van der Waals surface area contributed by atoms with Gasteiger partial charge in [0.05, 0.1) is 5.69 Å². The van der Waals surface area contributed by atoms with Crippen LogP contribution >= 0.6 is 0 Å². The molecule has 0 spiro atoms. The maximum atomic E-state index is 13.3. The number of halogens is 1. The molecule has 2 aromatic rings. The molecule has 1 N–H and O–H groups in total. The maximum Gasteiger partial charge on any atom is 0.263 e. The summed E-state index contributed by atoms with van der Waals surface area (Å²) in [5, 5.41) is 3.34. The number of benzene rings is 1. The molecule has 1 aromatic carbocycles. The fraction of sp³-hybridized carbons (Fsp3) is 0.450. The summed E-state index contributed by atoms with van der Waals surface area (Å²) in [6.07, 6.45) is 2.95. The van der Waals surface area contributed by atoms with Gasteiger partial charge in [-0.2, -0.15) is 0 Å². The van der Waals surface area contributed by atoms with E-state index in [0.29, 0.717) is 31.2 Å². The molecule has 0 radical (unpaired) electrons. The number of hydrogen-bond acceptors (Lipinski definition) is 5. The number of carbonyl (C=O) groups excluding carboxylic acids is 1. The number of nitrogens with zero attached hydrogens (tertiary/aromatic N) is 3. The van der Waals surface area contributed by atoms with Gasteiger partial charge < -0.3 is 15.0 Å². The van der Waals surface area contributed by atoms with Crippen molar-refractivity contribution in [3.05, 3.63) is 53.4 Å². The number of nitrogens with one attached hydrogen (secondary N) is 1. The predicted molar refractivity (Wildman–Crippen MR) is 97.9 cm³/mol. The van der Waals surface area contributed by atoms with Crippen molar-refractivity contribution in [3.63, 3.8) is 0 Å². The lowest BCUT2D eigenvalue weighted by Gasteiger charge is -2.30. The number of ether oxygens (including phenoxy) is 1. The minimum Gasteiger partial charge on any atom is -0.481 e. The lowest BCUT2D eigenvalue weighted by atomic mass is 10.0. The van der Waals surface area contributed by atoms with Crippen LogP contribution in [0.15, 0.2) is 30.5 Å². The Morgan fingerprint density at radius 2 is 2.33 bits per heavy atom. The minimum atomic E-state index is -0.682. The van der Waals surface area contributed by atoms with E-state index >= 15 is 0 Å². The summed E-state index contributed by atoms with van der Waals surface area (Å²) >= 11 is 0. The van der Waals surface area contributed by atoms with Crippen LogP contribution < -0.4 is 10.1 Å². The molecule has 2 aliphatic rings. The first-order valence-electron chi connectivity index (χ1n) is 9.36. The minimum absolute atomic E-state index is 0.117. The Balaban J connectivity index is 1.41. The average Bonchev–Trinajstić information content (AvgIpc) is 3.21. The largest absolute Gasteiger partial charge is 0.481 e. The molecule has 27 heavy (non-hydrogen) atoms. The Kier molecular flexibility index (Phi) is 5.03. The third-order valence-corrected chi connectivity index (χ3v) is 5.15. The van der Waals surface area contributed by atoms with E-state index in [1.54, 1.807) is 24.0 Å². The highest BCUT2D eigenvalue weighted by atomic mass is 19.1. The monoisotopic (exact) mass is 370 g/mol. The molecule has 0 aliphatic carbocycles. The highest BCUT2D eigenvalue weighted by molar-refractivity contribution is 5.81. The van der Waals surface area contributed by atoms with E-state index in [-0.39, 0.29) is 11.7 Å². The zero-order valence-electron chi connectivity index (χ0n) is 15.3.